The molecule has 1 fully saturated rings. The maximum Gasteiger partial charge on any atom is 0.258 e. The van der Waals surface area contributed by atoms with Gasteiger partial charge in [0.15, 0.2) is 0 Å². The third-order valence-corrected chi connectivity index (χ3v) is 5.24. The first-order valence-corrected chi connectivity index (χ1v) is 9.22. The van der Waals surface area contributed by atoms with Crippen LogP contribution < -0.4 is 15.8 Å². The number of fused-ring (bicyclic) bond motifs is 1. The highest BCUT2D eigenvalue weighted by molar-refractivity contribution is 14.1. The summed E-state index contributed by atoms with van der Waals surface area (Å²) in [6.07, 6.45) is 0.245. The largest absolute Gasteiger partial charge is 0.378 e. The minimum atomic E-state index is -0.282. The molecule has 0 unspecified atom stereocenters. The summed E-state index contributed by atoms with van der Waals surface area (Å²) in [6.45, 7) is 2.52. The lowest BCUT2D eigenvalue weighted by atomic mass is 9.87. The number of aromatic amines is 1. The summed E-state index contributed by atoms with van der Waals surface area (Å²) in [5.74, 6) is 0.443. The number of hydrogen-bond acceptors (Lipinski definition) is 5. The molecule has 2 N–H and O–H groups in total. The minimum Gasteiger partial charge on any atom is -0.378 e. The van der Waals surface area contributed by atoms with Crippen LogP contribution >= 0.6 is 22.6 Å². The average molecular weight is 452 g/mol. The van der Waals surface area contributed by atoms with E-state index in [2.05, 4.69) is 37.9 Å². The van der Waals surface area contributed by atoms with Crippen LogP contribution in [0.1, 0.15) is 23.5 Å². The second kappa shape index (κ2) is 6.75. The second-order valence-electron chi connectivity index (χ2n) is 6.11. The maximum atomic E-state index is 12.8. The van der Waals surface area contributed by atoms with Crippen molar-refractivity contribution in [3.8, 4) is 0 Å². The van der Waals surface area contributed by atoms with Gasteiger partial charge in [-0.1, -0.05) is 12.1 Å². The number of halogens is 1. The van der Waals surface area contributed by atoms with Crippen LogP contribution in [0, 0.1) is 3.57 Å². The van der Waals surface area contributed by atoms with E-state index in [0.29, 0.717) is 43.6 Å². The lowest BCUT2D eigenvalue weighted by molar-refractivity contribution is -0.116. The van der Waals surface area contributed by atoms with E-state index in [1.165, 1.54) is 0 Å². The first-order chi connectivity index (χ1) is 12.1. The summed E-state index contributed by atoms with van der Waals surface area (Å²) in [5.41, 5.74) is 1.27. The van der Waals surface area contributed by atoms with Gasteiger partial charge in [-0.05, 0) is 40.3 Å². The fraction of sp³-hybridized carbons (Fsp3) is 0.353. The van der Waals surface area contributed by atoms with E-state index in [1.54, 1.807) is 0 Å². The molecule has 2 aliphatic rings. The second-order valence-corrected chi connectivity index (χ2v) is 7.35. The van der Waals surface area contributed by atoms with Gasteiger partial charge in [0, 0.05) is 29.0 Å². The highest BCUT2D eigenvalue weighted by atomic mass is 127. The molecule has 25 heavy (non-hydrogen) atoms. The zero-order chi connectivity index (χ0) is 17.4. The van der Waals surface area contributed by atoms with Crippen LogP contribution in [0.4, 0.5) is 11.8 Å². The number of ether oxygens (including phenoxy) is 1. The zero-order valence-corrected chi connectivity index (χ0v) is 15.6. The molecule has 8 heteroatoms. The molecule has 1 saturated heterocycles. The van der Waals surface area contributed by atoms with Gasteiger partial charge in [-0.2, -0.15) is 4.98 Å². The normalized spacial score (nSPS) is 20.1. The Morgan fingerprint density at radius 3 is 2.60 bits per heavy atom. The van der Waals surface area contributed by atoms with Crippen molar-refractivity contribution in [2.45, 2.75) is 12.3 Å². The number of H-pyrrole nitrogens is 1. The van der Waals surface area contributed by atoms with Crippen molar-refractivity contribution >= 4 is 40.3 Å². The fourth-order valence-electron chi connectivity index (χ4n) is 3.26. The molecule has 3 heterocycles. The van der Waals surface area contributed by atoms with E-state index in [4.69, 9.17) is 4.74 Å². The van der Waals surface area contributed by atoms with E-state index in [0.717, 1.165) is 9.13 Å². The molecular formula is C17H17IN4O3. The molecule has 0 bridgehead atoms. The Balaban J connectivity index is 1.77. The maximum absolute atomic E-state index is 12.8. The topological polar surface area (TPSA) is 87.3 Å². The van der Waals surface area contributed by atoms with Gasteiger partial charge in [0.2, 0.25) is 11.9 Å². The molecule has 2 aromatic rings. The number of rotatable bonds is 2. The van der Waals surface area contributed by atoms with Gasteiger partial charge in [0.05, 0.1) is 18.8 Å². The first kappa shape index (κ1) is 16.5. The van der Waals surface area contributed by atoms with Crippen molar-refractivity contribution in [1.29, 1.82) is 0 Å². The average Bonchev–Trinajstić information content (AvgIpc) is 2.62. The van der Waals surface area contributed by atoms with Crippen LogP contribution in [0.25, 0.3) is 0 Å². The summed E-state index contributed by atoms with van der Waals surface area (Å²) in [4.78, 5) is 34.3. The van der Waals surface area contributed by atoms with Crippen LogP contribution in [0.3, 0.4) is 0 Å². The molecule has 1 aromatic carbocycles. The summed E-state index contributed by atoms with van der Waals surface area (Å²) in [7, 11) is 0. The fourth-order valence-corrected chi connectivity index (χ4v) is 3.62. The van der Waals surface area contributed by atoms with E-state index >= 15 is 0 Å². The summed E-state index contributed by atoms with van der Waals surface area (Å²) in [6, 6.07) is 7.88. The Morgan fingerprint density at radius 2 is 1.88 bits per heavy atom. The molecule has 1 atom stereocenters. The number of aromatic nitrogens is 2. The molecule has 7 nitrogen and oxygen atoms in total. The van der Waals surface area contributed by atoms with Crippen molar-refractivity contribution in [1.82, 2.24) is 9.97 Å². The number of carbonyl (C=O) groups is 1. The Bertz CT molecular complexity index is 859. The summed E-state index contributed by atoms with van der Waals surface area (Å²) >= 11 is 2.23. The third-order valence-electron chi connectivity index (χ3n) is 4.52. The first-order valence-electron chi connectivity index (χ1n) is 8.14. The number of amides is 1. The van der Waals surface area contributed by atoms with Gasteiger partial charge in [0.25, 0.3) is 5.56 Å². The minimum absolute atomic E-state index is 0.123. The van der Waals surface area contributed by atoms with E-state index in [-0.39, 0.29) is 23.8 Å². The quantitative estimate of drug-likeness (QED) is 0.678. The van der Waals surface area contributed by atoms with Crippen LogP contribution in [-0.4, -0.2) is 42.2 Å². The monoisotopic (exact) mass is 452 g/mol. The van der Waals surface area contributed by atoms with Gasteiger partial charge >= 0.3 is 0 Å². The van der Waals surface area contributed by atoms with Gasteiger partial charge < -0.3 is 15.0 Å². The molecule has 130 valence electrons. The Hall–Kier alpha value is -1.94. The molecule has 0 aliphatic carbocycles. The predicted octanol–water partition coefficient (Wildman–Crippen LogP) is 1.69. The van der Waals surface area contributed by atoms with Gasteiger partial charge in [-0.15, -0.1) is 0 Å². The van der Waals surface area contributed by atoms with Gasteiger partial charge in [0.1, 0.15) is 5.82 Å². The molecule has 1 amide bonds. The number of benzene rings is 1. The number of hydrogen-bond donors (Lipinski definition) is 2. The molecular weight excluding hydrogens is 435 g/mol. The highest BCUT2D eigenvalue weighted by Crippen LogP contribution is 2.34. The van der Waals surface area contributed by atoms with Crippen molar-refractivity contribution in [3.63, 3.8) is 0 Å². The van der Waals surface area contributed by atoms with Crippen molar-refractivity contribution < 1.29 is 9.53 Å². The zero-order valence-electron chi connectivity index (χ0n) is 13.4. The Labute approximate surface area is 157 Å². The van der Waals surface area contributed by atoms with Crippen molar-refractivity contribution in [3.05, 3.63) is 49.3 Å². The number of morpholine rings is 1. The van der Waals surface area contributed by atoms with E-state index in [1.807, 2.05) is 29.2 Å². The number of anilines is 2. The Morgan fingerprint density at radius 1 is 1.16 bits per heavy atom. The molecule has 2 aliphatic heterocycles. The van der Waals surface area contributed by atoms with Crippen LogP contribution in [0.2, 0.25) is 0 Å². The third kappa shape index (κ3) is 3.28. The summed E-state index contributed by atoms with van der Waals surface area (Å²) < 4.78 is 6.44. The summed E-state index contributed by atoms with van der Waals surface area (Å²) in [5, 5.41) is 2.76. The molecule has 4 rings (SSSR count). The SMILES string of the molecule is O=C1C[C@H](c2ccc(I)cc2)c2c(nc(N3CCOCC3)[nH]c2=O)N1. The van der Waals surface area contributed by atoms with Crippen LogP contribution in [0.15, 0.2) is 29.1 Å². The molecule has 0 radical (unpaired) electrons. The molecule has 0 spiro atoms. The predicted molar refractivity (Wildman–Crippen MR) is 102 cm³/mol. The van der Waals surface area contributed by atoms with Gasteiger partial charge in [-0.25, -0.2) is 0 Å². The lowest BCUT2D eigenvalue weighted by Crippen LogP contribution is -2.40. The molecule has 0 saturated carbocycles. The van der Waals surface area contributed by atoms with Crippen molar-refractivity contribution in [2.75, 3.05) is 36.5 Å². The van der Waals surface area contributed by atoms with Crippen LogP contribution in [0.5, 0.6) is 0 Å². The van der Waals surface area contributed by atoms with Crippen LogP contribution in [-0.2, 0) is 9.53 Å². The number of carbonyl (C=O) groups excluding carboxylic acids is 1. The van der Waals surface area contributed by atoms with Crippen molar-refractivity contribution in [2.24, 2.45) is 0 Å². The Kier molecular flexibility index (Phi) is 4.46. The smallest absolute Gasteiger partial charge is 0.258 e. The lowest BCUT2D eigenvalue weighted by Gasteiger charge is -2.29. The molecule has 1 aromatic heterocycles. The van der Waals surface area contributed by atoms with E-state index in [9.17, 15) is 9.59 Å². The van der Waals surface area contributed by atoms with E-state index < -0.39 is 0 Å². The number of nitrogens with zero attached hydrogens (tertiary/aromatic N) is 2. The van der Waals surface area contributed by atoms with Gasteiger partial charge in [-0.3, -0.25) is 14.6 Å². The standard InChI is InChI=1S/C17H17IN4O3/c18-11-3-1-10(2-4-11)12-9-13(23)19-15-14(12)16(24)21-17(20-15)22-5-7-25-8-6-22/h1-4,12H,5-9H2,(H2,19,20,21,23,24)/t12-/m1/s1. The highest BCUT2D eigenvalue weighted by Gasteiger charge is 2.31. The number of nitrogens with one attached hydrogen (secondary N) is 2.